The molecule has 118 valence electrons. The number of hydrogen-bond acceptors (Lipinski definition) is 5. The SMILES string of the molecule is Cc1nnc(-c2cccc(C(=O)NC[C@@H](C)c3cccs3)c2)o1. The van der Waals surface area contributed by atoms with Crippen LogP contribution in [0.25, 0.3) is 11.5 Å². The van der Waals surface area contributed by atoms with Gasteiger partial charge in [-0.15, -0.1) is 21.5 Å². The topological polar surface area (TPSA) is 68.0 Å². The maximum Gasteiger partial charge on any atom is 0.251 e. The monoisotopic (exact) mass is 327 g/mol. The number of nitrogens with zero attached hydrogens (tertiary/aromatic N) is 2. The summed E-state index contributed by atoms with van der Waals surface area (Å²) in [5, 5.41) is 12.8. The number of amides is 1. The van der Waals surface area contributed by atoms with E-state index >= 15 is 0 Å². The molecule has 2 aromatic heterocycles. The van der Waals surface area contributed by atoms with Crippen LogP contribution in [0, 0.1) is 6.92 Å². The Morgan fingerprint density at radius 2 is 2.17 bits per heavy atom. The minimum Gasteiger partial charge on any atom is -0.421 e. The molecule has 0 saturated carbocycles. The second-order valence-electron chi connectivity index (χ2n) is 5.33. The van der Waals surface area contributed by atoms with Crippen LogP contribution in [0.1, 0.15) is 34.0 Å². The highest BCUT2D eigenvalue weighted by molar-refractivity contribution is 7.10. The summed E-state index contributed by atoms with van der Waals surface area (Å²) >= 11 is 1.70. The van der Waals surface area contributed by atoms with Crippen LogP contribution in [0.5, 0.6) is 0 Å². The van der Waals surface area contributed by atoms with Gasteiger partial charge in [-0.05, 0) is 29.6 Å². The fourth-order valence-corrected chi connectivity index (χ4v) is 3.01. The van der Waals surface area contributed by atoms with Gasteiger partial charge >= 0.3 is 0 Å². The first-order chi connectivity index (χ1) is 11.1. The van der Waals surface area contributed by atoms with Crippen molar-refractivity contribution in [2.45, 2.75) is 19.8 Å². The second-order valence-corrected chi connectivity index (χ2v) is 6.31. The van der Waals surface area contributed by atoms with Gasteiger partial charge in [0.25, 0.3) is 5.91 Å². The van der Waals surface area contributed by atoms with E-state index < -0.39 is 0 Å². The number of benzene rings is 1. The number of aryl methyl sites for hydroxylation is 1. The number of thiophene rings is 1. The molecule has 3 aromatic rings. The summed E-state index contributed by atoms with van der Waals surface area (Å²) in [6.07, 6.45) is 0. The van der Waals surface area contributed by atoms with Crippen molar-refractivity contribution in [3.63, 3.8) is 0 Å². The zero-order valence-corrected chi connectivity index (χ0v) is 13.8. The predicted molar refractivity (Wildman–Crippen MR) is 89.5 cm³/mol. The van der Waals surface area contributed by atoms with E-state index in [4.69, 9.17) is 4.42 Å². The van der Waals surface area contributed by atoms with Crippen LogP contribution < -0.4 is 5.32 Å². The summed E-state index contributed by atoms with van der Waals surface area (Å²) in [6, 6.07) is 11.3. The Morgan fingerprint density at radius 3 is 2.87 bits per heavy atom. The molecule has 0 unspecified atom stereocenters. The van der Waals surface area contributed by atoms with Crippen molar-refractivity contribution in [2.75, 3.05) is 6.54 Å². The lowest BCUT2D eigenvalue weighted by Crippen LogP contribution is -2.27. The highest BCUT2D eigenvalue weighted by atomic mass is 32.1. The molecule has 6 heteroatoms. The predicted octanol–water partition coefficient (Wildman–Crippen LogP) is 3.64. The van der Waals surface area contributed by atoms with E-state index in [1.54, 1.807) is 30.4 Å². The number of carbonyl (C=O) groups excluding carboxylic acids is 1. The molecule has 0 fully saturated rings. The molecule has 0 aliphatic carbocycles. The molecule has 5 nitrogen and oxygen atoms in total. The molecule has 0 aliphatic rings. The fourth-order valence-electron chi connectivity index (χ4n) is 2.23. The van der Waals surface area contributed by atoms with Crippen molar-refractivity contribution in [1.29, 1.82) is 0 Å². The van der Waals surface area contributed by atoms with Crippen LogP contribution in [0.2, 0.25) is 0 Å². The van der Waals surface area contributed by atoms with Gasteiger partial charge in [0.05, 0.1) is 0 Å². The number of hydrogen-bond donors (Lipinski definition) is 1. The third-order valence-electron chi connectivity index (χ3n) is 3.50. The molecule has 0 saturated heterocycles. The number of nitrogens with one attached hydrogen (secondary N) is 1. The van der Waals surface area contributed by atoms with Crippen molar-refractivity contribution in [3.05, 3.63) is 58.1 Å². The summed E-state index contributed by atoms with van der Waals surface area (Å²) in [5.41, 5.74) is 1.32. The van der Waals surface area contributed by atoms with E-state index in [1.165, 1.54) is 4.88 Å². The normalized spacial score (nSPS) is 12.1. The molecule has 1 atom stereocenters. The molecule has 0 radical (unpaired) electrons. The minimum absolute atomic E-state index is 0.105. The Morgan fingerprint density at radius 1 is 1.30 bits per heavy atom. The molecule has 1 amide bonds. The number of rotatable bonds is 5. The highest BCUT2D eigenvalue weighted by Gasteiger charge is 2.12. The van der Waals surface area contributed by atoms with Gasteiger partial charge in [0.15, 0.2) is 0 Å². The third kappa shape index (κ3) is 3.65. The van der Waals surface area contributed by atoms with E-state index in [-0.39, 0.29) is 5.91 Å². The Bertz CT molecular complexity index is 796. The summed E-state index contributed by atoms with van der Waals surface area (Å²) in [6.45, 7) is 4.44. The van der Waals surface area contributed by atoms with Crippen LogP contribution in [-0.2, 0) is 0 Å². The van der Waals surface area contributed by atoms with E-state index in [9.17, 15) is 4.79 Å². The van der Waals surface area contributed by atoms with Crippen LogP contribution in [-0.4, -0.2) is 22.6 Å². The standard InChI is InChI=1S/C17H17N3O2S/c1-11(15-7-4-8-23-15)10-18-16(21)13-5-3-6-14(9-13)17-20-19-12(2)22-17/h3-9,11H,10H2,1-2H3,(H,18,21)/t11-/m1/s1. The van der Waals surface area contributed by atoms with Gasteiger partial charge in [0.1, 0.15) is 0 Å². The summed E-state index contributed by atoms with van der Waals surface area (Å²) in [4.78, 5) is 13.6. The van der Waals surface area contributed by atoms with E-state index in [2.05, 4.69) is 28.5 Å². The van der Waals surface area contributed by atoms with Crippen molar-refractivity contribution in [1.82, 2.24) is 15.5 Å². The Kier molecular flexibility index (Phi) is 4.52. The zero-order valence-electron chi connectivity index (χ0n) is 12.9. The zero-order chi connectivity index (χ0) is 16.2. The Balaban J connectivity index is 1.68. The van der Waals surface area contributed by atoms with Gasteiger partial charge in [-0.2, -0.15) is 0 Å². The highest BCUT2D eigenvalue weighted by Crippen LogP contribution is 2.21. The van der Waals surface area contributed by atoms with Gasteiger partial charge in [-0.1, -0.05) is 19.1 Å². The molecule has 2 heterocycles. The first-order valence-electron chi connectivity index (χ1n) is 7.35. The Hall–Kier alpha value is -2.47. The van der Waals surface area contributed by atoms with Gasteiger partial charge in [0, 0.05) is 35.4 Å². The molecule has 0 bridgehead atoms. The van der Waals surface area contributed by atoms with Crippen molar-refractivity contribution in [2.24, 2.45) is 0 Å². The van der Waals surface area contributed by atoms with Crippen molar-refractivity contribution >= 4 is 17.2 Å². The van der Waals surface area contributed by atoms with Crippen molar-refractivity contribution < 1.29 is 9.21 Å². The van der Waals surface area contributed by atoms with Crippen LogP contribution in [0.4, 0.5) is 0 Å². The van der Waals surface area contributed by atoms with Crippen LogP contribution >= 0.6 is 11.3 Å². The van der Waals surface area contributed by atoms with E-state index in [0.717, 1.165) is 5.56 Å². The smallest absolute Gasteiger partial charge is 0.251 e. The lowest BCUT2D eigenvalue weighted by atomic mass is 10.1. The molecule has 0 spiro atoms. The molecular weight excluding hydrogens is 310 g/mol. The summed E-state index contributed by atoms with van der Waals surface area (Å²) in [5.74, 6) is 1.11. The number of carbonyl (C=O) groups is 1. The van der Waals surface area contributed by atoms with Gasteiger partial charge in [-0.3, -0.25) is 4.79 Å². The molecule has 1 aromatic carbocycles. The molecule has 1 N–H and O–H groups in total. The average molecular weight is 327 g/mol. The minimum atomic E-state index is -0.105. The van der Waals surface area contributed by atoms with Crippen molar-refractivity contribution in [3.8, 4) is 11.5 Å². The third-order valence-corrected chi connectivity index (χ3v) is 4.60. The second kappa shape index (κ2) is 6.75. The molecule has 3 rings (SSSR count). The van der Waals surface area contributed by atoms with Crippen LogP contribution in [0.3, 0.4) is 0 Å². The Labute approximate surface area is 138 Å². The summed E-state index contributed by atoms with van der Waals surface area (Å²) < 4.78 is 5.40. The largest absolute Gasteiger partial charge is 0.421 e. The molecular formula is C17H17N3O2S. The fraction of sp³-hybridized carbons (Fsp3) is 0.235. The van der Waals surface area contributed by atoms with Gasteiger partial charge in [0.2, 0.25) is 11.8 Å². The quantitative estimate of drug-likeness (QED) is 0.777. The van der Waals surface area contributed by atoms with Gasteiger partial charge < -0.3 is 9.73 Å². The lowest BCUT2D eigenvalue weighted by molar-refractivity contribution is 0.0952. The molecule has 0 aliphatic heterocycles. The number of aromatic nitrogens is 2. The maximum absolute atomic E-state index is 12.3. The van der Waals surface area contributed by atoms with E-state index in [1.807, 2.05) is 23.6 Å². The molecule has 23 heavy (non-hydrogen) atoms. The average Bonchev–Trinajstić information content (AvgIpc) is 3.24. The van der Waals surface area contributed by atoms with Gasteiger partial charge in [-0.25, -0.2) is 0 Å². The summed E-state index contributed by atoms with van der Waals surface area (Å²) in [7, 11) is 0. The first-order valence-corrected chi connectivity index (χ1v) is 8.23. The van der Waals surface area contributed by atoms with Crippen LogP contribution in [0.15, 0.2) is 46.2 Å². The van der Waals surface area contributed by atoms with E-state index in [0.29, 0.717) is 29.8 Å². The lowest BCUT2D eigenvalue weighted by Gasteiger charge is -2.11. The first kappa shape index (κ1) is 15.4. The maximum atomic E-state index is 12.3.